The SMILES string of the molecule is CC(C)CCC(C)COC(C)CCC(C)C. The lowest BCUT2D eigenvalue weighted by atomic mass is 10.00. The van der Waals surface area contributed by atoms with Crippen molar-refractivity contribution in [2.75, 3.05) is 6.61 Å². The summed E-state index contributed by atoms with van der Waals surface area (Å²) < 4.78 is 5.89. The lowest BCUT2D eigenvalue weighted by Gasteiger charge is -2.18. The van der Waals surface area contributed by atoms with E-state index in [0.29, 0.717) is 12.0 Å². The highest BCUT2D eigenvalue weighted by Gasteiger charge is 2.08. The van der Waals surface area contributed by atoms with E-state index < -0.39 is 0 Å². The van der Waals surface area contributed by atoms with Crippen molar-refractivity contribution in [3.05, 3.63) is 0 Å². The molecule has 0 bridgehead atoms. The normalized spacial score (nSPS) is 15.8. The van der Waals surface area contributed by atoms with Crippen LogP contribution < -0.4 is 0 Å². The van der Waals surface area contributed by atoms with Crippen molar-refractivity contribution in [3.8, 4) is 0 Å². The van der Waals surface area contributed by atoms with Gasteiger partial charge in [-0.3, -0.25) is 0 Å². The fraction of sp³-hybridized carbons (Fsp3) is 1.00. The maximum atomic E-state index is 5.89. The predicted molar refractivity (Wildman–Crippen MR) is 72.7 cm³/mol. The molecule has 0 fully saturated rings. The van der Waals surface area contributed by atoms with Crippen LogP contribution in [0.3, 0.4) is 0 Å². The summed E-state index contributed by atoms with van der Waals surface area (Å²) in [5.41, 5.74) is 0. The molecule has 1 heteroatoms. The van der Waals surface area contributed by atoms with E-state index in [1.807, 2.05) is 0 Å². The molecule has 0 radical (unpaired) electrons. The van der Waals surface area contributed by atoms with Crippen LogP contribution in [0.25, 0.3) is 0 Å². The minimum Gasteiger partial charge on any atom is -0.378 e. The molecule has 1 nitrogen and oxygen atoms in total. The minimum absolute atomic E-state index is 0.434. The Morgan fingerprint density at radius 3 is 1.69 bits per heavy atom. The van der Waals surface area contributed by atoms with Crippen LogP contribution in [-0.4, -0.2) is 12.7 Å². The Balaban J connectivity index is 3.47. The molecule has 0 aromatic rings. The average Bonchev–Trinajstić information content (AvgIpc) is 2.20. The molecule has 2 atom stereocenters. The molecule has 2 unspecified atom stereocenters. The monoisotopic (exact) mass is 228 g/mol. The van der Waals surface area contributed by atoms with Gasteiger partial charge in [-0.15, -0.1) is 0 Å². The van der Waals surface area contributed by atoms with Crippen LogP contribution in [0, 0.1) is 17.8 Å². The van der Waals surface area contributed by atoms with Crippen LogP contribution in [-0.2, 0) is 4.74 Å². The Kier molecular flexibility index (Phi) is 9.02. The van der Waals surface area contributed by atoms with E-state index in [4.69, 9.17) is 4.74 Å². The van der Waals surface area contributed by atoms with Crippen LogP contribution in [0.1, 0.15) is 67.2 Å². The van der Waals surface area contributed by atoms with Gasteiger partial charge < -0.3 is 4.74 Å². The van der Waals surface area contributed by atoms with Gasteiger partial charge >= 0.3 is 0 Å². The summed E-state index contributed by atoms with van der Waals surface area (Å²) in [4.78, 5) is 0. The first-order valence-corrected chi connectivity index (χ1v) is 7.03. The largest absolute Gasteiger partial charge is 0.378 e. The molecule has 0 aromatic carbocycles. The van der Waals surface area contributed by atoms with E-state index in [1.165, 1.54) is 25.7 Å². The van der Waals surface area contributed by atoms with Crippen LogP contribution in [0.4, 0.5) is 0 Å². The molecular formula is C15H32O. The van der Waals surface area contributed by atoms with Gasteiger partial charge in [0.15, 0.2) is 0 Å². The Morgan fingerprint density at radius 2 is 1.19 bits per heavy atom. The molecule has 0 aromatic heterocycles. The van der Waals surface area contributed by atoms with E-state index >= 15 is 0 Å². The second-order valence-electron chi connectivity index (χ2n) is 6.19. The molecule has 0 rings (SSSR count). The Bertz CT molecular complexity index is 134. The highest BCUT2D eigenvalue weighted by atomic mass is 16.5. The minimum atomic E-state index is 0.434. The van der Waals surface area contributed by atoms with Gasteiger partial charge in [-0.1, -0.05) is 41.0 Å². The Hall–Kier alpha value is -0.0400. The molecule has 0 aliphatic carbocycles. The summed E-state index contributed by atoms with van der Waals surface area (Å²) in [7, 11) is 0. The highest BCUT2D eigenvalue weighted by molar-refractivity contribution is 4.58. The van der Waals surface area contributed by atoms with Crippen LogP contribution in [0.5, 0.6) is 0 Å². The van der Waals surface area contributed by atoms with Gasteiger partial charge in [0.25, 0.3) is 0 Å². The number of hydrogen-bond donors (Lipinski definition) is 0. The third-order valence-corrected chi connectivity index (χ3v) is 3.05. The lowest BCUT2D eigenvalue weighted by Crippen LogP contribution is -2.15. The zero-order valence-corrected chi connectivity index (χ0v) is 12.3. The van der Waals surface area contributed by atoms with Crippen molar-refractivity contribution in [1.29, 1.82) is 0 Å². The molecule has 98 valence electrons. The third-order valence-electron chi connectivity index (χ3n) is 3.05. The lowest BCUT2D eigenvalue weighted by molar-refractivity contribution is 0.0332. The quantitative estimate of drug-likeness (QED) is 0.545. The van der Waals surface area contributed by atoms with E-state index in [-0.39, 0.29) is 0 Å². The number of hydrogen-bond acceptors (Lipinski definition) is 1. The van der Waals surface area contributed by atoms with E-state index in [0.717, 1.165) is 18.4 Å². The molecule has 0 saturated carbocycles. The van der Waals surface area contributed by atoms with Crippen molar-refractivity contribution in [2.45, 2.75) is 73.3 Å². The zero-order chi connectivity index (χ0) is 12.6. The summed E-state index contributed by atoms with van der Waals surface area (Å²) in [6.07, 6.45) is 5.54. The summed E-state index contributed by atoms with van der Waals surface area (Å²) in [5, 5.41) is 0. The molecular weight excluding hydrogens is 196 g/mol. The molecule has 0 saturated heterocycles. The Morgan fingerprint density at radius 1 is 0.688 bits per heavy atom. The van der Waals surface area contributed by atoms with E-state index in [9.17, 15) is 0 Å². The fourth-order valence-electron chi connectivity index (χ4n) is 1.68. The zero-order valence-electron chi connectivity index (χ0n) is 12.3. The molecule has 0 heterocycles. The second-order valence-corrected chi connectivity index (χ2v) is 6.19. The van der Waals surface area contributed by atoms with Gasteiger partial charge in [0.05, 0.1) is 6.10 Å². The van der Waals surface area contributed by atoms with Crippen LogP contribution in [0.2, 0.25) is 0 Å². The third kappa shape index (κ3) is 10.5. The first kappa shape index (κ1) is 16.0. The summed E-state index contributed by atoms with van der Waals surface area (Å²) >= 11 is 0. The van der Waals surface area contributed by atoms with Crippen molar-refractivity contribution in [1.82, 2.24) is 0 Å². The number of ether oxygens (including phenoxy) is 1. The van der Waals surface area contributed by atoms with E-state index in [1.54, 1.807) is 0 Å². The Labute approximate surface area is 103 Å². The van der Waals surface area contributed by atoms with Gasteiger partial charge in [-0.25, -0.2) is 0 Å². The maximum absolute atomic E-state index is 5.89. The standard InChI is InChI=1S/C15H32O/c1-12(2)7-9-14(5)11-16-15(6)10-8-13(3)4/h12-15H,7-11H2,1-6H3. The van der Waals surface area contributed by atoms with Crippen molar-refractivity contribution >= 4 is 0 Å². The highest BCUT2D eigenvalue weighted by Crippen LogP contribution is 2.14. The summed E-state index contributed by atoms with van der Waals surface area (Å²) in [5.74, 6) is 2.33. The van der Waals surface area contributed by atoms with Crippen molar-refractivity contribution in [2.24, 2.45) is 17.8 Å². The molecule has 16 heavy (non-hydrogen) atoms. The predicted octanol–water partition coefficient (Wildman–Crippen LogP) is 4.90. The van der Waals surface area contributed by atoms with Crippen molar-refractivity contribution in [3.63, 3.8) is 0 Å². The number of rotatable bonds is 9. The molecule has 0 spiro atoms. The molecule has 0 N–H and O–H groups in total. The van der Waals surface area contributed by atoms with Crippen LogP contribution in [0.15, 0.2) is 0 Å². The van der Waals surface area contributed by atoms with E-state index in [2.05, 4.69) is 41.5 Å². The maximum Gasteiger partial charge on any atom is 0.0547 e. The summed E-state index contributed by atoms with van der Waals surface area (Å²) in [6, 6.07) is 0. The smallest absolute Gasteiger partial charge is 0.0547 e. The van der Waals surface area contributed by atoms with Gasteiger partial charge in [-0.2, -0.15) is 0 Å². The van der Waals surface area contributed by atoms with Gasteiger partial charge in [0, 0.05) is 6.61 Å². The molecule has 0 aliphatic heterocycles. The second kappa shape index (κ2) is 9.04. The first-order chi connectivity index (χ1) is 7.41. The van der Waals surface area contributed by atoms with Crippen LogP contribution >= 0.6 is 0 Å². The van der Waals surface area contributed by atoms with Gasteiger partial charge in [0.1, 0.15) is 0 Å². The fourth-order valence-corrected chi connectivity index (χ4v) is 1.68. The van der Waals surface area contributed by atoms with Gasteiger partial charge in [0.2, 0.25) is 0 Å². The van der Waals surface area contributed by atoms with Gasteiger partial charge in [-0.05, 0) is 43.9 Å². The molecule has 0 aliphatic rings. The summed E-state index contributed by atoms with van der Waals surface area (Å²) in [6.45, 7) is 14.6. The molecule has 0 amide bonds. The van der Waals surface area contributed by atoms with Crippen molar-refractivity contribution < 1.29 is 4.74 Å². The first-order valence-electron chi connectivity index (χ1n) is 7.03. The topological polar surface area (TPSA) is 9.23 Å². The average molecular weight is 228 g/mol.